The van der Waals surface area contributed by atoms with Crippen molar-refractivity contribution in [2.45, 2.75) is 19.4 Å². The maximum absolute atomic E-state index is 12.4. The van der Waals surface area contributed by atoms with Gasteiger partial charge in [-0.1, -0.05) is 36.4 Å². The fourth-order valence-electron chi connectivity index (χ4n) is 3.76. The molecular formula is C23H31N3O2. The monoisotopic (exact) mass is 381 g/mol. The highest BCUT2D eigenvalue weighted by molar-refractivity contribution is 5.94. The molecule has 2 aromatic rings. The third-order valence-electron chi connectivity index (χ3n) is 5.46. The number of ether oxygens (including phenoxy) is 1. The number of hydrogen-bond donors (Lipinski definition) is 1. The van der Waals surface area contributed by atoms with E-state index in [0.29, 0.717) is 18.2 Å². The molecule has 2 aromatic carbocycles. The predicted octanol–water partition coefficient (Wildman–Crippen LogP) is 3.11. The average Bonchev–Trinajstić information content (AvgIpc) is 2.72. The van der Waals surface area contributed by atoms with E-state index in [0.717, 1.165) is 43.9 Å². The molecule has 5 nitrogen and oxygen atoms in total. The topological polar surface area (TPSA) is 44.8 Å². The zero-order chi connectivity index (χ0) is 19.9. The number of rotatable bonds is 7. The number of carbonyl (C=O) groups excluding carboxylic acids is 1. The first-order valence-electron chi connectivity index (χ1n) is 9.99. The van der Waals surface area contributed by atoms with Crippen molar-refractivity contribution in [3.63, 3.8) is 0 Å². The van der Waals surface area contributed by atoms with Crippen LogP contribution >= 0.6 is 0 Å². The van der Waals surface area contributed by atoms with Crippen LogP contribution in [0, 0.1) is 6.92 Å². The van der Waals surface area contributed by atoms with Crippen molar-refractivity contribution in [2.75, 3.05) is 46.9 Å². The van der Waals surface area contributed by atoms with Gasteiger partial charge in [0.05, 0.1) is 7.11 Å². The average molecular weight is 382 g/mol. The number of likely N-dealkylation sites (N-methyl/N-ethyl adjacent to an activating group) is 1. The number of hydrogen-bond acceptors (Lipinski definition) is 4. The fourth-order valence-corrected chi connectivity index (χ4v) is 3.76. The minimum atomic E-state index is -0.0451. The summed E-state index contributed by atoms with van der Waals surface area (Å²) < 4.78 is 5.31. The van der Waals surface area contributed by atoms with Crippen LogP contribution in [-0.2, 0) is 0 Å². The normalized spacial score (nSPS) is 18.0. The minimum Gasteiger partial charge on any atom is -0.496 e. The number of aryl methyl sites for hydroxylation is 1. The smallest absolute Gasteiger partial charge is 0.251 e. The van der Waals surface area contributed by atoms with E-state index < -0.39 is 0 Å². The molecule has 1 fully saturated rings. The van der Waals surface area contributed by atoms with Crippen LogP contribution in [0.25, 0.3) is 0 Å². The quantitative estimate of drug-likeness (QED) is 0.749. The molecule has 1 N–H and O–H groups in total. The highest BCUT2D eigenvalue weighted by atomic mass is 16.5. The van der Waals surface area contributed by atoms with Crippen LogP contribution in [0.1, 0.15) is 33.9 Å². The maximum atomic E-state index is 12.4. The molecule has 28 heavy (non-hydrogen) atoms. The first-order chi connectivity index (χ1) is 13.6. The molecule has 1 atom stereocenters. The van der Waals surface area contributed by atoms with Gasteiger partial charge in [-0.25, -0.2) is 0 Å². The van der Waals surface area contributed by atoms with Crippen molar-refractivity contribution in [1.82, 2.24) is 15.1 Å². The largest absolute Gasteiger partial charge is 0.496 e. The summed E-state index contributed by atoms with van der Waals surface area (Å²) in [6.45, 7) is 6.80. The summed E-state index contributed by atoms with van der Waals surface area (Å²) in [7, 11) is 3.81. The molecule has 0 spiro atoms. The summed E-state index contributed by atoms with van der Waals surface area (Å²) in [5.41, 5.74) is 3.04. The van der Waals surface area contributed by atoms with Crippen LogP contribution < -0.4 is 10.1 Å². The van der Waals surface area contributed by atoms with Crippen LogP contribution in [0.4, 0.5) is 0 Å². The Morgan fingerprint density at radius 2 is 1.96 bits per heavy atom. The van der Waals surface area contributed by atoms with Crippen LogP contribution in [0.3, 0.4) is 0 Å². The van der Waals surface area contributed by atoms with Crippen LogP contribution in [0.5, 0.6) is 5.75 Å². The summed E-state index contributed by atoms with van der Waals surface area (Å²) in [5.74, 6) is 0.701. The van der Waals surface area contributed by atoms with E-state index in [2.05, 4.69) is 52.5 Å². The van der Waals surface area contributed by atoms with E-state index >= 15 is 0 Å². The Kier molecular flexibility index (Phi) is 7.06. The van der Waals surface area contributed by atoms with E-state index in [4.69, 9.17) is 4.74 Å². The van der Waals surface area contributed by atoms with Gasteiger partial charge in [-0.05, 0) is 43.7 Å². The minimum absolute atomic E-state index is 0.0451. The van der Waals surface area contributed by atoms with Crippen LogP contribution in [0.2, 0.25) is 0 Å². The molecule has 0 saturated carbocycles. The molecule has 0 bridgehead atoms. The Hall–Kier alpha value is -2.37. The molecule has 150 valence electrons. The van der Waals surface area contributed by atoms with Gasteiger partial charge in [0.15, 0.2) is 0 Å². The van der Waals surface area contributed by atoms with Gasteiger partial charge in [0, 0.05) is 44.3 Å². The van der Waals surface area contributed by atoms with Gasteiger partial charge in [-0.3, -0.25) is 9.69 Å². The first kappa shape index (κ1) is 20.4. The van der Waals surface area contributed by atoms with Gasteiger partial charge >= 0.3 is 0 Å². The number of amides is 1. The molecule has 1 aliphatic rings. The molecule has 5 heteroatoms. The second-order valence-electron chi connectivity index (χ2n) is 7.52. The van der Waals surface area contributed by atoms with Crippen molar-refractivity contribution in [2.24, 2.45) is 0 Å². The second-order valence-corrected chi connectivity index (χ2v) is 7.52. The molecule has 1 unspecified atom stereocenters. The van der Waals surface area contributed by atoms with Gasteiger partial charge in [-0.2, -0.15) is 0 Å². The fraction of sp³-hybridized carbons (Fsp3) is 0.435. The molecule has 0 aliphatic carbocycles. The third kappa shape index (κ3) is 5.12. The summed E-state index contributed by atoms with van der Waals surface area (Å²) in [4.78, 5) is 17.3. The van der Waals surface area contributed by atoms with E-state index in [1.54, 1.807) is 13.2 Å². The molecule has 0 aromatic heterocycles. The lowest BCUT2D eigenvalue weighted by Gasteiger charge is -2.40. The number of methoxy groups -OCH3 is 1. The van der Waals surface area contributed by atoms with Crippen LogP contribution in [0.15, 0.2) is 48.5 Å². The first-order valence-corrected chi connectivity index (χ1v) is 9.99. The summed E-state index contributed by atoms with van der Waals surface area (Å²) in [5, 5.41) is 3.04. The summed E-state index contributed by atoms with van der Waals surface area (Å²) in [6.07, 6.45) is 0.932. The van der Waals surface area contributed by atoms with Gasteiger partial charge in [0.1, 0.15) is 5.75 Å². The second kappa shape index (κ2) is 9.71. The molecule has 1 saturated heterocycles. The lowest BCUT2D eigenvalue weighted by atomic mass is 10.0. The Balaban J connectivity index is 1.51. The number of benzene rings is 2. The van der Waals surface area contributed by atoms with Crippen molar-refractivity contribution in [3.8, 4) is 5.75 Å². The third-order valence-corrected chi connectivity index (χ3v) is 5.46. The van der Waals surface area contributed by atoms with Crippen molar-refractivity contribution >= 4 is 5.91 Å². The van der Waals surface area contributed by atoms with Crippen molar-refractivity contribution in [3.05, 3.63) is 65.2 Å². The maximum Gasteiger partial charge on any atom is 0.251 e. The Morgan fingerprint density at radius 3 is 2.71 bits per heavy atom. The Morgan fingerprint density at radius 1 is 1.18 bits per heavy atom. The number of nitrogens with zero attached hydrogens (tertiary/aromatic N) is 2. The Labute approximate surface area is 168 Å². The Bertz CT molecular complexity index is 779. The van der Waals surface area contributed by atoms with Crippen molar-refractivity contribution in [1.29, 1.82) is 0 Å². The van der Waals surface area contributed by atoms with Gasteiger partial charge < -0.3 is 15.0 Å². The standard InChI is InChI=1S/C23H31N3O2/c1-18-10-11-20(16-22(18)28-3)23(27)24-12-7-13-26-15-14-25(2)17-21(26)19-8-5-4-6-9-19/h4-6,8-11,16,21H,7,12-15,17H2,1-3H3,(H,24,27). The van der Waals surface area contributed by atoms with Crippen LogP contribution in [-0.4, -0.2) is 62.6 Å². The zero-order valence-corrected chi connectivity index (χ0v) is 17.1. The number of piperazine rings is 1. The SMILES string of the molecule is COc1cc(C(=O)NCCCN2CCN(C)CC2c2ccccc2)ccc1C. The van der Waals surface area contributed by atoms with E-state index in [-0.39, 0.29) is 5.91 Å². The zero-order valence-electron chi connectivity index (χ0n) is 17.1. The highest BCUT2D eigenvalue weighted by Gasteiger charge is 2.25. The molecule has 3 rings (SSSR count). The summed E-state index contributed by atoms with van der Waals surface area (Å²) in [6, 6.07) is 16.7. The number of carbonyl (C=O) groups is 1. The van der Waals surface area contributed by atoms with Gasteiger partial charge in [0.25, 0.3) is 5.91 Å². The van der Waals surface area contributed by atoms with Crippen molar-refractivity contribution < 1.29 is 9.53 Å². The molecular weight excluding hydrogens is 350 g/mol. The lowest BCUT2D eigenvalue weighted by molar-refractivity contribution is 0.0865. The van der Waals surface area contributed by atoms with E-state index in [9.17, 15) is 4.79 Å². The predicted molar refractivity (Wildman–Crippen MR) is 113 cm³/mol. The molecule has 1 amide bonds. The van der Waals surface area contributed by atoms with E-state index in [1.165, 1.54) is 5.56 Å². The van der Waals surface area contributed by atoms with Gasteiger partial charge in [0.2, 0.25) is 0 Å². The lowest BCUT2D eigenvalue weighted by Crippen LogP contribution is -2.47. The molecule has 0 radical (unpaired) electrons. The highest BCUT2D eigenvalue weighted by Crippen LogP contribution is 2.24. The molecule has 1 aliphatic heterocycles. The summed E-state index contributed by atoms with van der Waals surface area (Å²) >= 11 is 0. The number of nitrogens with one attached hydrogen (secondary N) is 1. The van der Waals surface area contributed by atoms with E-state index in [1.807, 2.05) is 19.1 Å². The van der Waals surface area contributed by atoms with Gasteiger partial charge in [-0.15, -0.1) is 0 Å². The molecule has 1 heterocycles.